The predicted molar refractivity (Wildman–Crippen MR) is 115 cm³/mol. The van der Waals surface area contributed by atoms with Crippen LogP contribution in [0.2, 0.25) is 0 Å². The summed E-state index contributed by atoms with van der Waals surface area (Å²) >= 11 is 0. The van der Waals surface area contributed by atoms with Crippen molar-refractivity contribution in [2.24, 2.45) is 41.4 Å². The van der Waals surface area contributed by atoms with Gasteiger partial charge in [0, 0.05) is 18.4 Å². The molecule has 0 aromatic heterocycles. The van der Waals surface area contributed by atoms with Crippen molar-refractivity contribution in [3.05, 3.63) is 11.6 Å². The normalized spacial score (nSPS) is 22.7. The van der Waals surface area contributed by atoms with Crippen molar-refractivity contribution in [2.75, 3.05) is 6.61 Å². The second-order valence-electron chi connectivity index (χ2n) is 10.2. The van der Waals surface area contributed by atoms with E-state index in [0.717, 1.165) is 6.42 Å². The number of carboxylic acids is 1. The van der Waals surface area contributed by atoms with E-state index >= 15 is 0 Å². The molecule has 0 amide bonds. The monoisotopic (exact) mass is 410 g/mol. The van der Waals surface area contributed by atoms with Gasteiger partial charge in [0.1, 0.15) is 5.60 Å². The molecule has 168 valence electrons. The van der Waals surface area contributed by atoms with Crippen LogP contribution < -0.4 is 0 Å². The van der Waals surface area contributed by atoms with Crippen LogP contribution in [0.5, 0.6) is 0 Å². The number of hydrogen-bond acceptors (Lipinski definition) is 4. The Kier molecular flexibility index (Phi) is 9.39. The van der Waals surface area contributed by atoms with Crippen molar-refractivity contribution in [3.63, 3.8) is 0 Å². The minimum atomic E-state index is -1.14. The Labute approximate surface area is 176 Å². The number of aliphatic hydroxyl groups excluding tert-OH is 1. The summed E-state index contributed by atoms with van der Waals surface area (Å²) in [5.41, 5.74) is -0.570. The van der Waals surface area contributed by atoms with E-state index in [1.165, 1.54) is 0 Å². The van der Waals surface area contributed by atoms with Gasteiger partial charge in [0.15, 0.2) is 0 Å². The Bertz CT molecular complexity index is 574. The third-order valence-corrected chi connectivity index (χ3v) is 6.63. The summed E-state index contributed by atoms with van der Waals surface area (Å²) in [7, 11) is 0. The lowest BCUT2D eigenvalue weighted by Gasteiger charge is -2.35. The first-order valence-electron chi connectivity index (χ1n) is 11.1. The van der Waals surface area contributed by atoms with Crippen LogP contribution in [0.15, 0.2) is 11.6 Å². The maximum absolute atomic E-state index is 12.5. The summed E-state index contributed by atoms with van der Waals surface area (Å²) in [4.78, 5) is 24.6. The molecule has 1 aliphatic heterocycles. The number of hydrogen-bond donors (Lipinski definition) is 2. The van der Waals surface area contributed by atoms with Gasteiger partial charge in [0.05, 0.1) is 12.5 Å². The first kappa shape index (κ1) is 25.7. The van der Waals surface area contributed by atoms with E-state index in [0.29, 0.717) is 23.3 Å². The number of ether oxygens (including phenoxy) is 1. The highest BCUT2D eigenvalue weighted by molar-refractivity contribution is 5.91. The maximum Gasteiger partial charge on any atom is 0.334 e. The van der Waals surface area contributed by atoms with E-state index in [9.17, 15) is 19.8 Å². The van der Waals surface area contributed by atoms with E-state index in [1.54, 1.807) is 0 Å². The lowest BCUT2D eigenvalue weighted by atomic mass is 9.71. The standard InChI is InChI=1S/C24H42O5/c1-14(2)19(15(3)4)10-9-18-11-24(13-25,29-23(18)28)12-20(22(26)27)21(16(5)6)17(7)8/h9,14-17,19-21,25H,10-13H2,1-8H3,(H,26,27)/b18-9+. The highest BCUT2D eigenvalue weighted by Crippen LogP contribution is 2.41. The third kappa shape index (κ3) is 6.56. The minimum Gasteiger partial charge on any atom is -0.481 e. The summed E-state index contributed by atoms with van der Waals surface area (Å²) in [5, 5.41) is 20.0. The predicted octanol–water partition coefficient (Wildman–Crippen LogP) is 4.93. The quantitative estimate of drug-likeness (QED) is 0.373. The molecule has 0 bridgehead atoms. The molecule has 1 rings (SSSR count). The van der Waals surface area contributed by atoms with Crippen molar-refractivity contribution in [2.45, 2.75) is 80.3 Å². The number of carboxylic acid groups (broad SMARTS) is 1. The number of cyclic esters (lactones) is 1. The van der Waals surface area contributed by atoms with Gasteiger partial charge in [-0.05, 0) is 41.9 Å². The van der Waals surface area contributed by atoms with Gasteiger partial charge < -0.3 is 14.9 Å². The molecule has 0 aromatic rings. The summed E-state index contributed by atoms with van der Waals surface area (Å²) < 4.78 is 5.63. The molecule has 0 aromatic carbocycles. The molecule has 1 fully saturated rings. The fourth-order valence-electron chi connectivity index (χ4n) is 5.22. The molecule has 1 aliphatic rings. The van der Waals surface area contributed by atoms with Crippen molar-refractivity contribution < 1.29 is 24.5 Å². The topological polar surface area (TPSA) is 83.8 Å². The molecule has 2 unspecified atom stereocenters. The number of carbonyl (C=O) groups excluding carboxylic acids is 1. The minimum absolute atomic E-state index is 0.0612. The van der Waals surface area contributed by atoms with E-state index in [4.69, 9.17) is 4.74 Å². The van der Waals surface area contributed by atoms with Crippen LogP contribution in [0.3, 0.4) is 0 Å². The number of rotatable bonds is 11. The molecule has 0 spiro atoms. The van der Waals surface area contributed by atoms with Crippen LogP contribution in [-0.4, -0.2) is 34.4 Å². The molecule has 0 aliphatic carbocycles. The summed E-state index contributed by atoms with van der Waals surface area (Å²) in [6.07, 6.45) is 3.14. The highest BCUT2D eigenvalue weighted by atomic mass is 16.6. The van der Waals surface area contributed by atoms with E-state index in [2.05, 4.69) is 27.7 Å². The number of carbonyl (C=O) groups is 2. The Morgan fingerprint density at radius 3 is 1.93 bits per heavy atom. The van der Waals surface area contributed by atoms with E-state index in [-0.39, 0.29) is 37.2 Å². The second-order valence-corrected chi connectivity index (χ2v) is 10.2. The highest BCUT2D eigenvalue weighted by Gasteiger charge is 2.48. The van der Waals surface area contributed by atoms with Gasteiger partial charge in [-0.1, -0.05) is 61.5 Å². The molecular weight excluding hydrogens is 368 g/mol. The first-order valence-corrected chi connectivity index (χ1v) is 11.1. The molecule has 5 heteroatoms. The second kappa shape index (κ2) is 10.6. The van der Waals surface area contributed by atoms with Crippen molar-refractivity contribution in [1.82, 2.24) is 0 Å². The lowest BCUT2D eigenvalue weighted by molar-refractivity contribution is -0.160. The SMILES string of the molecule is CC(C)C(C/C=C1\CC(CO)(CC(C(=O)O)C(C(C)C)C(C)C)OC1=O)C(C)C. The number of aliphatic carboxylic acids is 1. The maximum atomic E-state index is 12.5. The Morgan fingerprint density at radius 2 is 1.55 bits per heavy atom. The van der Waals surface area contributed by atoms with Crippen LogP contribution in [0, 0.1) is 41.4 Å². The molecule has 0 saturated carbocycles. The summed E-state index contributed by atoms with van der Waals surface area (Å²) in [6, 6.07) is 0. The smallest absolute Gasteiger partial charge is 0.334 e. The molecule has 2 N–H and O–H groups in total. The fraction of sp³-hybridized carbons (Fsp3) is 0.833. The summed E-state index contributed by atoms with van der Waals surface area (Å²) in [5.74, 6) is -0.228. The zero-order valence-corrected chi connectivity index (χ0v) is 19.6. The van der Waals surface area contributed by atoms with Crippen molar-refractivity contribution >= 4 is 11.9 Å². The Morgan fingerprint density at radius 1 is 1.03 bits per heavy atom. The molecule has 2 atom stereocenters. The van der Waals surface area contributed by atoms with Gasteiger partial charge in [-0.3, -0.25) is 4.79 Å². The van der Waals surface area contributed by atoms with E-state index < -0.39 is 23.5 Å². The Hall–Kier alpha value is -1.36. The van der Waals surface area contributed by atoms with Gasteiger partial charge in [-0.2, -0.15) is 0 Å². The van der Waals surface area contributed by atoms with Crippen LogP contribution in [0.25, 0.3) is 0 Å². The van der Waals surface area contributed by atoms with Crippen LogP contribution in [0.4, 0.5) is 0 Å². The van der Waals surface area contributed by atoms with E-state index in [1.807, 2.05) is 33.8 Å². The zero-order chi connectivity index (χ0) is 22.5. The molecule has 29 heavy (non-hydrogen) atoms. The molecule has 1 saturated heterocycles. The first-order chi connectivity index (χ1) is 13.3. The number of esters is 1. The molecular formula is C24H42O5. The average Bonchev–Trinajstić information content (AvgIpc) is 2.89. The van der Waals surface area contributed by atoms with Gasteiger partial charge in [-0.15, -0.1) is 0 Å². The van der Waals surface area contributed by atoms with Gasteiger partial charge in [0.2, 0.25) is 0 Å². The van der Waals surface area contributed by atoms with Crippen molar-refractivity contribution in [1.29, 1.82) is 0 Å². The van der Waals surface area contributed by atoms with Crippen LogP contribution >= 0.6 is 0 Å². The zero-order valence-electron chi connectivity index (χ0n) is 19.6. The summed E-state index contributed by atoms with van der Waals surface area (Å²) in [6.45, 7) is 16.5. The fourth-order valence-corrected chi connectivity index (χ4v) is 5.22. The van der Waals surface area contributed by atoms with Gasteiger partial charge in [-0.25, -0.2) is 4.79 Å². The number of aliphatic hydroxyl groups is 1. The number of allylic oxidation sites excluding steroid dienone is 1. The van der Waals surface area contributed by atoms with Gasteiger partial charge in [0.25, 0.3) is 0 Å². The van der Waals surface area contributed by atoms with Crippen LogP contribution in [0.1, 0.15) is 74.7 Å². The third-order valence-electron chi connectivity index (χ3n) is 6.63. The molecule has 1 heterocycles. The molecule has 5 nitrogen and oxygen atoms in total. The average molecular weight is 411 g/mol. The molecule has 0 radical (unpaired) electrons. The Balaban J connectivity index is 3.09. The lowest BCUT2D eigenvalue weighted by Crippen LogP contribution is -2.42. The van der Waals surface area contributed by atoms with Crippen molar-refractivity contribution in [3.8, 4) is 0 Å². The largest absolute Gasteiger partial charge is 0.481 e. The van der Waals surface area contributed by atoms with Crippen LogP contribution in [-0.2, 0) is 14.3 Å². The van der Waals surface area contributed by atoms with Gasteiger partial charge >= 0.3 is 11.9 Å².